The van der Waals surface area contributed by atoms with Gasteiger partial charge in [-0.3, -0.25) is 14.5 Å². The third-order valence-electron chi connectivity index (χ3n) is 4.69. The highest BCUT2D eigenvalue weighted by atomic mass is 16.3. The molecule has 1 fully saturated rings. The molecule has 1 aliphatic heterocycles. The molecule has 3 rings (SSSR count). The minimum absolute atomic E-state index is 0.0614. The number of rotatable bonds is 4. The Labute approximate surface area is 138 Å². The minimum atomic E-state index is -0.485. The second-order valence-electron chi connectivity index (χ2n) is 6.13. The van der Waals surface area contributed by atoms with Crippen molar-refractivity contribution in [1.29, 1.82) is 5.26 Å². The van der Waals surface area contributed by atoms with Crippen LogP contribution in [0.5, 0.6) is 0 Å². The predicted molar refractivity (Wildman–Crippen MR) is 89.8 cm³/mol. The molecule has 0 aliphatic carbocycles. The number of nitrogens with one attached hydrogen (secondary N) is 1. The van der Waals surface area contributed by atoms with E-state index in [1.165, 1.54) is 6.07 Å². The molecule has 7 nitrogen and oxygen atoms in total. The standard InChI is InChI=1S/C17H20N4O3/c18-10-12-9-14-15(19-16(12)23)4-6-21(17(14)24)8-7-20-5-2-1-3-13(20)11-22/h4,6,9,13,22H,1-3,5,7-8,11H2,(H,19,23)/t13-/m0/s1. The number of aliphatic hydroxyl groups is 1. The number of H-pyrrole nitrogens is 1. The molecule has 2 aromatic heterocycles. The number of nitriles is 1. The molecule has 0 unspecified atom stereocenters. The monoisotopic (exact) mass is 328 g/mol. The Bertz CT molecular complexity index is 893. The normalized spacial score (nSPS) is 18.6. The molecule has 0 aromatic carbocycles. The van der Waals surface area contributed by atoms with E-state index in [-0.39, 0.29) is 23.8 Å². The Morgan fingerprint density at radius 3 is 2.92 bits per heavy atom. The van der Waals surface area contributed by atoms with Gasteiger partial charge in [0, 0.05) is 25.3 Å². The predicted octanol–water partition coefficient (Wildman–Crippen LogP) is 0.408. The summed E-state index contributed by atoms with van der Waals surface area (Å²) in [5, 5.41) is 18.8. The first-order valence-corrected chi connectivity index (χ1v) is 8.15. The molecule has 1 saturated heterocycles. The summed E-state index contributed by atoms with van der Waals surface area (Å²) < 4.78 is 1.59. The molecule has 2 N–H and O–H groups in total. The maximum absolute atomic E-state index is 12.6. The molecule has 0 saturated carbocycles. The van der Waals surface area contributed by atoms with Crippen LogP contribution in [0.2, 0.25) is 0 Å². The molecule has 0 bridgehead atoms. The molecule has 0 amide bonds. The quantitative estimate of drug-likeness (QED) is 0.846. The van der Waals surface area contributed by atoms with Gasteiger partial charge < -0.3 is 14.7 Å². The number of piperidine rings is 1. The highest BCUT2D eigenvalue weighted by molar-refractivity contribution is 5.78. The van der Waals surface area contributed by atoms with E-state index >= 15 is 0 Å². The zero-order valence-electron chi connectivity index (χ0n) is 13.4. The number of nitrogens with zero attached hydrogens (tertiary/aromatic N) is 3. The highest BCUT2D eigenvalue weighted by Crippen LogP contribution is 2.16. The zero-order valence-corrected chi connectivity index (χ0v) is 13.4. The maximum Gasteiger partial charge on any atom is 0.266 e. The van der Waals surface area contributed by atoms with Gasteiger partial charge in [-0.1, -0.05) is 6.42 Å². The molecule has 1 aliphatic rings. The van der Waals surface area contributed by atoms with Gasteiger partial charge in [0.25, 0.3) is 11.1 Å². The lowest BCUT2D eigenvalue weighted by Gasteiger charge is -2.34. The van der Waals surface area contributed by atoms with Crippen LogP contribution in [0.4, 0.5) is 0 Å². The summed E-state index contributed by atoms with van der Waals surface area (Å²) in [6, 6.07) is 5.00. The number of pyridine rings is 2. The van der Waals surface area contributed by atoms with Gasteiger partial charge in [0.15, 0.2) is 0 Å². The average molecular weight is 328 g/mol. The molecule has 2 aromatic rings. The van der Waals surface area contributed by atoms with Crippen LogP contribution in [-0.2, 0) is 6.54 Å². The average Bonchev–Trinajstić information content (AvgIpc) is 2.61. The van der Waals surface area contributed by atoms with E-state index in [0.717, 1.165) is 25.8 Å². The van der Waals surface area contributed by atoms with Crippen LogP contribution in [0.3, 0.4) is 0 Å². The van der Waals surface area contributed by atoms with Crippen molar-refractivity contribution in [3.05, 3.63) is 44.6 Å². The minimum Gasteiger partial charge on any atom is -0.395 e. The van der Waals surface area contributed by atoms with Gasteiger partial charge in [-0.2, -0.15) is 5.26 Å². The Hall–Kier alpha value is -2.43. The molecule has 24 heavy (non-hydrogen) atoms. The topological polar surface area (TPSA) is 102 Å². The summed E-state index contributed by atoms with van der Waals surface area (Å²) in [6.07, 6.45) is 4.87. The van der Waals surface area contributed by atoms with E-state index in [9.17, 15) is 14.7 Å². The third kappa shape index (κ3) is 3.11. The summed E-state index contributed by atoms with van der Waals surface area (Å²) in [5.41, 5.74) is -0.334. The number of aromatic amines is 1. The molecule has 0 spiro atoms. The van der Waals surface area contributed by atoms with Gasteiger partial charge in [0.2, 0.25) is 0 Å². The lowest BCUT2D eigenvalue weighted by molar-refractivity contribution is 0.0869. The number of hydrogen-bond acceptors (Lipinski definition) is 5. The van der Waals surface area contributed by atoms with Crippen LogP contribution in [0.25, 0.3) is 10.9 Å². The van der Waals surface area contributed by atoms with Crippen LogP contribution >= 0.6 is 0 Å². The molecule has 7 heteroatoms. The summed E-state index contributed by atoms with van der Waals surface area (Å²) in [4.78, 5) is 29.0. The van der Waals surface area contributed by atoms with Crippen LogP contribution in [-0.4, -0.2) is 45.3 Å². The number of aromatic nitrogens is 2. The summed E-state index contributed by atoms with van der Waals surface area (Å²) >= 11 is 0. The van der Waals surface area contributed by atoms with Crippen LogP contribution < -0.4 is 11.1 Å². The van der Waals surface area contributed by atoms with Gasteiger partial charge in [-0.15, -0.1) is 0 Å². The van der Waals surface area contributed by atoms with Crippen molar-refractivity contribution in [2.75, 3.05) is 19.7 Å². The van der Waals surface area contributed by atoms with Gasteiger partial charge in [0.1, 0.15) is 11.6 Å². The van der Waals surface area contributed by atoms with Gasteiger partial charge in [0.05, 0.1) is 17.5 Å². The van der Waals surface area contributed by atoms with E-state index in [2.05, 4.69) is 9.88 Å². The number of aliphatic hydroxyl groups excluding tert-OH is 1. The van der Waals surface area contributed by atoms with E-state index < -0.39 is 5.56 Å². The molecular weight excluding hydrogens is 308 g/mol. The third-order valence-corrected chi connectivity index (χ3v) is 4.69. The van der Waals surface area contributed by atoms with Gasteiger partial charge in [-0.05, 0) is 31.5 Å². The Balaban J connectivity index is 1.86. The van der Waals surface area contributed by atoms with Crippen molar-refractivity contribution in [2.24, 2.45) is 0 Å². The molecule has 126 valence electrons. The molecular formula is C17H20N4O3. The fourth-order valence-corrected chi connectivity index (χ4v) is 3.30. The van der Waals surface area contributed by atoms with E-state index in [1.807, 2.05) is 0 Å². The van der Waals surface area contributed by atoms with Crippen molar-refractivity contribution in [3.8, 4) is 6.07 Å². The lowest BCUT2D eigenvalue weighted by atomic mass is 10.0. The van der Waals surface area contributed by atoms with Crippen molar-refractivity contribution in [3.63, 3.8) is 0 Å². The smallest absolute Gasteiger partial charge is 0.266 e. The summed E-state index contributed by atoms with van der Waals surface area (Å²) in [5.74, 6) is 0. The lowest BCUT2D eigenvalue weighted by Crippen LogP contribution is -2.44. The maximum atomic E-state index is 12.6. The first kappa shape index (κ1) is 16.4. The van der Waals surface area contributed by atoms with Crippen molar-refractivity contribution in [2.45, 2.75) is 31.8 Å². The molecule has 3 heterocycles. The Kier molecular flexibility index (Phi) is 4.79. The van der Waals surface area contributed by atoms with E-state index in [1.54, 1.807) is 22.9 Å². The van der Waals surface area contributed by atoms with Crippen molar-refractivity contribution < 1.29 is 5.11 Å². The fourth-order valence-electron chi connectivity index (χ4n) is 3.30. The molecule has 0 radical (unpaired) electrons. The number of fused-ring (bicyclic) bond motifs is 1. The largest absolute Gasteiger partial charge is 0.395 e. The first-order chi connectivity index (χ1) is 11.6. The van der Waals surface area contributed by atoms with Crippen LogP contribution in [0.1, 0.15) is 24.8 Å². The van der Waals surface area contributed by atoms with Crippen molar-refractivity contribution in [1.82, 2.24) is 14.5 Å². The van der Waals surface area contributed by atoms with Crippen LogP contribution in [0, 0.1) is 11.3 Å². The second kappa shape index (κ2) is 6.99. The zero-order chi connectivity index (χ0) is 17.1. The summed E-state index contributed by atoms with van der Waals surface area (Å²) in [6.45, 7) is 2.26. The number of hydrogen-bond donors (Lipinski definition) is 2. The number of likely N-dealkylation sites (tertiary alicyclic amines) is 1. The van der Waals surface area contributed by atoms with Crippen LogP contribution in [0.15, 0.2) is 27.9 Å². The van der Waals surface area contributed by atoms with E-state index in [0.29, 0.717) is 24.0 Å². The van der Waals surface area contributed by atoms with Crippen molar-refractivity contribution >= 4 is 10.9 Å². The summed E-state index contributed by atoms with van der Waals surface area (Å²) in [7, 11) is 0. The Morgan fingerprint density at radius 2 is 2.17 bits per heavy atom. The van der Waals surface area contributed by atoms with Gasteiger partial charge in [-0.25, -0.2) is 0 Å². The SMILES string of the molecule is N#Cc1cc2c(=O)n(CCN3CCCC[C@H]3CO)ccc2[nH]c1=O. The van der Waals surface area contributed by atoms with Gasteiger partial charge >= 0.3 is 0 Å². The van der Waals surface area contributed by atoms with E-state index in [4.69, 9.17) is 5.26 Å². The fraction of sp³-hybridized carbons (Fsp3) is 0.471. The Morgan fingerprint density at radius 1 is 1.33 bits per heavy atom. The molecule has 1 atom stereocenters. The second-order valence-corrected chi connectivity index (χ2v) is 6.13. The first-order valence-electron chi connectivity index (χ1n) is 8.15. The highest BCUT2D eigenvalue weighted by Gasteiger charge is 2.21.